The first-order valence-corrected chi connectivity index (χ1v) is 8.24. The van der Waals surface area contributed by atoms with Crippen LogP contribution < -0.4 is 5.32 Å². The summed E-state index contributed by atoms with van der Waals surface area (Å²) in [6, 6.07) is 3.74. The van der Waals surface area contributed by atoms with Crippen molar-refractivity contribution in [3.05, 3.63) is 20.8 Å². The molecule has 0 unspecified atom stereocenters. The maximum Gasteiger partial charge on any atom is 0.264 e. The number of piperazine rings is 1. The molecule has 0 radical (unpaired) electrons. The van der Waals surface area contributed by atoms with Gasteiger partial charge in [0.2, 0.25) is 5.91 Å². The minimum absolute atomic E-state index is 0.0504. The Balaban J connectivity index is 1.82. The molecule has 1 aliphatic rings. The fourth-order valence-electron chi connectivity index (χ4n) is 2.15. The highest BCUT2D eigenvalue weighted by atomic mass is 79.9. The third-order valence-corrected chi connectivity index (χ3v) is 4.80. The number of nitrogens with zero attached hydrogens (tertiary/aromatic N) is 2. The number of thiophene rings is 1. The van der Waals surface area contributed by atoms with E-state index in [1.807, 2.05) is 24.0 Å². The summed E-state index contributed by atoms with van der Waals surface area (Å²) < 4.78 is 0.968. The van der Waals surface area contributed by atoms with Crippen LogP contribution in [0, 0.1) is 0 Å². The molecule has 2 heterocycles. The van der Waals surface area contributed by atoms with Crippen molar-refractivity contribution in [1.82, 2.24) is 15.1 Å². The van der Waals surface area contributed by atoms with Crippen LogP contribution in [0.1, 0.15) is 16.6 Å². The summed E-state index contributed by atoms with van der Waals surface area (Å²) in [6.45, 7) is 5.82. The fourth-order valence-corrected chi connectivity index (χ4v) is 3.50. The number of hydrogen-bond donors (Lipinski definition) is 1. The largest absolute Gasteiger partial charge is 0.355 e. The standard InChI is InChI=1S/C13H18BrN3O2S/c1-2-15-12(18)9-16-5-7-17(8-6-16)13(19)10-3-4-11(14)20-10/h3-4H,2,5-9H2,1H3,(H,15,18). The first kappa shape index (κ1) is 15.5. The van der Waals surface area contributed by atoms with Gasteiger partial charge in [0.15, 0.2) is 0 Å². The maximum atomic E-state index is 12.3. The smallest absolute Gasteiger partial charge is 0.264 e. The van der Waals surface area contributed by atoms with Gasteiger partial charge in [0, 0.05) is 32.7 Å². The van der Waals surface area contributed by atoms with E-state index in [9.17, 15) is 9.59 Å². The highest BCUT2D eigenvalue weighted by Crippen LogP contribution is 2.23. The second-order valence-electron chi connectivity index (χ2n) is 4.63. The van der Waals surface area contributed by atoms with E-state index in [-0.39, 0.29) is 11.8 Å². The zero-order chi connectivity index (χ0) is 14.5. The Kier molecular flexibility index (Phi) is 5.56. The molecule has 0 bridgehead atoms. The van der Waals surface area contributed by atoms with Crippen molar-refractivity contribution < 1.29 is 9.59 Å². The van der Waals surface area contributed by atoms with E-state index in [0.717, 1.165) is 21.8 Å². The van der Waals surface area contributed by atoms with Crippen LogP contribution in [0.2, 0.25) is 0 Å². The summed E-state index contributed by atoms with van der Waals surface area (Å²) in [6.07, 6.45) is 0. The summed E-state index contributed by atoms with van der Waals surface area (Å²) in [4.78, 5) is 28.5. The Bertz CT molecular complexity index is 484. The number of likely N-dealkylation sites (N-methyl/N-ethyl adjacent to an activating group) is 1. The van der Waals surface area contributed by atoms with E-state index < -0.39 is 0 Å². The van der Waals surface area contributed by atoms with Gasteiger partial charge in [0.05, 0.1) is 15.2 Å². The highest BCUT2D eigenvalue weighted by molar-refractivity contribution is 9.11. The molecule has 2 rings (SSSR count). The predicted octanol–water partition coefficient (Wildman–Crippen LogP) is 1.40. The number of amides is 2. The molecule has 2 amide bonds. The molecule has 0 aromatic carbocycles. The van der Waals surface area contributed by atoms with Crippen molar-refractivity contribution in [3.8, 4) is 0 Å². The predicted molar refractivity (Wildman–Crippen MR) is 83.0 cm³/mol. The first-order chi connectivity index (χ1) is 9.60. The molecular formula is C13H18BrN3O2S. The molecular weight excluding hydrogens is 342 g/mol. The SMILES string of the molecule is CCNC(=O)CN1CCN(C(=O)c2ccc(Br)s2)CC1. The van der Waals surface area contributed by atoms with Crippen LogP contribution in [0.4, 0.5) is 0 Å². The summed E-state index contributed by atoms with van der Waals surface area (Å²) in [7, 11) is 0. The van der Waals surface area contributed by atoms with Gasteiger partial charge in [-0.05, 0) is 35.0 Å². The van der Waals surface area contributed by atoms with Crippen LogP contribution in [0.5, 0.6) is 0 Å². The number of carbonyl (C=O) groups excluding carboxylic acids is 2. The van der Waals surface area contributed by atoms with Gasteiger partial charge in [-0.1, -0.05) is 0 Å². The molecule has 1 N–H and O–H groups in total. The van der Waals surface area contributed by atoms with Crippen molar-refractivity contribution in [2.45, 2.75) is 6.92 Å². The molecule has 1 aliphatic heterocycles. The lowest BCUT2D eigenvalue weighted by Crippen LogP contribution is -2.51. The van der Waals surface area contributed by atoms with Gasteiger partial charge < -0.3 is 10.2 Å². The number of rotatable bonds is 4. The normalized spacial score (nSPS) is 16.2. The Hall–Kier alpha value is -0.920. The molecule has 1 saturated heterocycles. The van der Waals surface area contributed by atoms with Gasteiger partial charge >= 0.3 is 0 Å². The summed E-state index contributed by atoms with van der Waals surface area (Å²) >= 11 is 4.83. The maximum absolute atomic E-state index is 12.3. The summed E-state index contributed by atoms with van der Waals surface area (Å²) in [5.41, 5.74) is 0. The fraction of sp³-hybridized carbons (Fsp3) is 0.538. The zero-order valence-corrected chi connectivity index (χ0v) is 13.8. The minimum Gasteiger partial charge on any atom is -0.355 e. The Labute approximate surface area is 131 Å². The lowest BCUT2D eigenvalue weighted by molar-refractivity contribution is -0.122. The monoisotopic (exact) mass is 359 g/mol. The van der Waals surface area contributed by atoms with Crippen molar-refractivity contribution in [3.63, 3.8) is 0 Å². The van der Waals surface area contributed by atoms with Gasteiger partial charge in [-0.3, -0.25) is 14.5 Å². The average molecular weight is 360 g/mol. The van der Waals surface area contributed by atoms with Gasteiger partial charge in [-0.15, -0.1) is 11.3 Å². The second kappa shape index (κ2) is 7.19. The number of carbonyl (C=O) groups is 2. The molecule has 1 fully saturated rings. The highest BCUT2D eigenvalue weighted by Gasteiger charge is 2.23. The molecule has 1 aromatic heterocycles. The van der Waals surface area contributed by atoms with E-state index in [4.69, 9.17) is 0 Å². The summed E-state index contributed by atoms with van der Waals surface area (Å²) in [5.74, 6) is 0.132. The number of hydrogen-bond acceptors (Lipinski definition) is 4. The molecule has 20 heavy (non-hydrogen) atoms. The first-order valence-electron chi connectivity index (χ1n) is 6.64. The molecule has 7 heteroatoms. The third-order valence-electron chi connectivity index (χ3n) is 3.18. The van der Waals surface area contributed by atoms with Crippen molar-refractivity contribution in [2.75, 3.05) is 39.3 Å². The third kappa shape index (κ3) is 4.04. The van der Waals surface area contributed by atoms with Crippen LogP contribution in [-0.2, 0) is 4.79 Å². The second-order valence-corrected chi connectivity index (χ2v) is 7.09. The molecule has 0 atom stereocenters. The average Bonchev–Trinajstić information content (AvgIpc) is 2.86. The van der Waals surface area contributed by atoms with E-state index in [2.05, 4.69) is 26.1 Å². The van der Waals surface area contributed by atoms with Gasteiger partial charge in [0.1, 0.15) is 0 Å². The van der Waals surface area contributed by atoms with E-state index in [1.165, 1.54) is 11.3 Å². The molecule has 5 nitrogen and oxygen atoms in total. The Morgan fingerprint density at radius 3 is 2.55 bits per heavy atom. The van der Waals surface area contributed by atoms with Crippen LogP contribution in [0.3, 0.4) is 0 Å². The molecule has 110 valence electrons. The van der Waals surface area contributed by atoms with Crippen molar-refractivity contribution in [2.24, 2.45) is 0 Å². The Morgan fingerprint density at radius 2 is 2.00 bits per heavy atom. The zero-order valence-electron chi connectivity index (χ0n) is 11.4. The van der Waals surface area contributed by atoms with Gasteiger partial charge in [-0.2, -0.15) is 0 Å². The molecule has 0 aliphatic carbocycles. The van der Waals surface area contributed by atoms with Crippen LogP contribution in [0.25, 0.3) is 0 Å². The quantitative estimate of drug-likeness (QED) is 0.883. The van der Waals surface area contributed by atoms with Crippen molar-refractivity contribution in [1.29, 1.82) is 0 Å². The Morgan fingerprint density at radius 1 is 1.30 bits per heavy atom. The van der Waals surface area contributed by atoms with E-state index >= 15 is 0 Å². The summed E-state index contributed by atoms with van der Waals surface area (Å²) in [5, 5.41) is 2.79. The molecule has 0 saturated carbocycles. The van der Waals surface area contributed by atoms with Crippen LogP contribution in [-0.4, -0.2) is 60.9 Å². The minimum atomic E-state index is 0.0504. The molecule has 0 spiro atoms. The van der Waals surface area contributed by atoms with Gasteiger partial charge in [0.25, 0.3) is 5.91 Å². The van der Waals surface area contributed by atoms with Crippen molar-refractivity contribution >= 4 is 39.1 Å². The van der Waals surface area contributed by atoms with E-state index in [1.54, 1.807) is 0 Å². The topological polar surface area (TPSA) is 52.7 Å². The van der Waals surface area contributed by atoms with Gasteiger partial charge in [-0.25, -0.2) is 0 Å². The number of nitrogens with one attached hydrogen (secondary N) is 1. The lowest BCUT2D eigenvalue weighted by atomic mass is 10.3. The van der Waals surface area contributed by atoms with Crippen LogP contribution in [0.15, 0.2) is 15.9 Å². The number of halogens is 1. The lowest BCUT2D eigenvalue weighted by Gasteiger charge is -2.34. The molecule has 1 aromatic rings. The van der Waals surface area contributed by atoms with E-state index in [0.29, 0.717) is 26.2 Å². The van der Waals surface area contributed by atoms with Crippen LogP contribution >= 0.6 is 27.3 Å².